The molecular weight excluding hydrogens is 525 g/mol. The Morgan fingerprint density at radius 1 is 1.14 bits per heavy atom. The van der Waals surface area contributed by atoms with Crippen molar-refractivity contribution in [2.45, 2.75) is 45.6 Å². The zero-order valence-electron chi connectivity index (χ0n) is 20.9. The van der Waals surface area contributed by atoms with Crippen LogP contribution in [0.2, 0.25) is 10.0 Å². The van der Waals surface area contributed by atoms with Gasteiger partial charge < -0.3 is 14.8 Å². The predicted molar refractivity (Wildman–Crippen MR) is 144 cm³/mol. The van der Waals surface area contributed by atoms with Crippen LogP contribution in [0.3, 0.4) is 0 Å². The number of rotatable bonds is 10. The monoisotopic (exact) mass is 557 g/mol. The molecule has 3 rings (SSSR count). The number of methoxy groups -OCH3 is 1. The second kappa shape index (κ2) is 12.5. The van der Waals surface area contributed by atoms with E-state index in [9.17, 15) is 13.2 Å². The van der Waals surface area contributed by atoms with Gasteiger partial charge in [-0.25, -0.2) is 13.1 Å². The number of ether oxygens (including phenoxy) is 2. The highest BCUT2D eigenvalue weighted by atomic mass is 35.5. The second-order valence-corrected chi connectivity index (χ2v) is 11.9. The minimum atomic E-state index is -3.23. The minimum absolute atomic E-state index is 0.0592. The molecular formula is C25H33Cl2N3O5S. The van der Waals surface area contributed by atoms with Gasteiger partial charge in [-0.3, -0.25) is 9.69 Å². The quantitative estimate of drug-likeness (QED) is 0.413. The van der Waals surface area contributed by atoms with Crippen LogP contribution in [-0.2, 0) is 14.8 Å². The van der Waals surface area contributed by atoms with Crippen LogP contribution in [0.25, 0.3) is 0 Å². The Hall–Kier alpha value is -2.04. The molecule has 0 saturated carbocycles. The van der Waals surface area contributed by atoms with Crippen molar-refractivity contribution in [3.8, 4) is 17.2 Å². The van der Waals surface area contributed by atoms with Crippen molar-refractivity contribution >= 4 is 44.8 Å². The molecule has 0 unspecified atom stereocenters. The van der Waals surface area contributed by atoms with E-state index in [1.54, 1.807) is 32.2 Å². The predicted octanol–water partition coefficient (Wildman–Crippen LogP) is 5.26. The summed E-state index contributed by atoms with van der Waals surface area (Å²) in [6.45, 7) is 7.17. The molecule has 1 aliphatic rings. The standard InChI is InChI=1S/C25H33Cl2N3O5S/c1-5-36(32,33)29-17-8-10-30(11-9-17)15-24(31)28-18-12-21(26)25(22(27)13-18)35-19-6-7-23(34-4)20(14-19)16(2)3/h6-7,12-14,16-17,29H,5,8-11,15H2,1-4H3,(H,28,31). The van der Waals surface area contributed by atoms with E-state index in [0.717, 1.165) is 11.3 Å². The van der Waals surface area contributed by atoms with Gasteiger partial charge in [-0.1, -0.05) is 37.0 Å². The number of hydrogen-bond acceptors (Lipinski definition) is 6. The third kappa shape index (κ3) is 7.73. The van der Waals surface area contributed by atoms with Crippen molar-refractivity contribution in [1.82, 2.24) is 9.62 Å². The van der Waals surface area contributed by atoms with Gasteiger partial charge in [-0.15, -0.1) is 0 Å². The largest absolute Gasteiger partial charge is 0.496 e. The van der Waals surface area contributed by atoms with Crippen molar-refractivity contribution in [2.24, 2.45) is 0 Å². The summed E-state index contributed by atoms with van der Waals surface area (Å²) < 4.78 is 37.6. The normalized spacial score (nSPS) is 15.2. The van der Waals surface area contributed by atoms with E-state index in [2.05, 4.69) is 23.9 Å². The Labute approximate surface area is 223 Å². The van der Waals surface area contributed by atoms with Gasteiger partial charge in [0.05, 0.1) is 29.5 Å². The van der Waals surface area contributed by atoms with Crippen molar-refractivity contribution in [3.63, 3.8) is 0 Å². The molecule has 0 aromatic heterocycles. The van der Waals surface area contributed by atoms with Crippen LogP contribution in [0.4, 0.5) is 5.69 Å². The third-order valence-corrected chi connectivity index (χ3v) is 8.02. The molecule has 1 amide bonds. The zero-order chi connectivity index (χ0) is 26.5. The first-order valence-corrected chi connectivity index (χ1v) is 14.3. The molecule has 8 nitrogen and oxygen atoms in total. The van der Waals surface area contributed by atoms with Crippen LogP contribution >= 0.6 is 23.2 Å². The van der Waals surface area contributed by atoms with Gasteiger partial charge in [0.2, 0.25) is 15.9 Å². The second-order valence-electron chi connectivity index (χ2n) is 9.05. The van der Waals surface area contributed by atoms with Crippen molar-refractivity contribution < 1.29 is 22.7 Å². The summed E-state index contributed by atoms with van der Waals surface area (Å²) in [6, 6.07) is 8.61. The van der Waals surface area contributed by atoms with E-state index in [4.69, 9.17) is 32.7 Å². The maximum absolute atomic E-state index is 12.6. The third-order valence-electron chi connectivity index (χ3n) is 6.01. The van der Waals surface area contributed by atoms with Crippen LogP contribution in [0.1, 0.15) is 45.1 Å². The van der Waals surface area contributed by atoms with Gasteiger partial charge in [0, 0.05) is 30.4 Å². The molecule has 0 bridgehead atoms. The Morgan fingerprint density at radius 2 is 1.78 bits per heavy atom. The SMILES string of the molecule is CCS(=O)(=O)NC1CCN(CC(=O)Nc2cc(Cl)c(Oc3ccc(OC)c(C(C)C)c3)c(Cl)c2)CC1. The van der Waals surface area contributed by atoms with E-state index in [0.29, 0.717) is 43.1 Å². The summed E-state index contributed by atoms with van der Waals surface area (Å²) in [6.07, 6.45) is 1.31. The highest BCUT2D eigenvalue weighted by Crippen LogP contribution is 2.40. The number of hydrogen-bond donors (Lipinski definition) is 2. The van der Waals surface area contributed by atoms with Gasteiger partial charge in [-0.05, 0) is 56.0 Å². The lowest BCUT2D eigenvalue weighted by molar-refractivity contribution is -0.117. The van der Waals surface area contributed by atoms with Crippen LogP contribution in [-0.4, -0.2) is 57.8 Å². The van der Waals surface area contributed by atoms with Crippen molar-refractivity contribution in [2.75, 3.05) is 37.8 Å². The molecule has 2 N–H and O–H groups in total. The van der Waals surface area contributed by atoms with Crippen LogP contribution < -0.4 is 19.5 Å². The Kier molecular flexibility index (Phi) is 9.88. The molecule has 0 atom stereocenters. The molecule has 1 saturated heterocycles. The maximum Gasteiger partial charge on any atom is 0.238 e. The lowest BCUT2D eigenvalue weighted by Crippen LogP contribution is -2.46. The van der Waals surface area contributed by atoms with E-state index in [1.165, 1.54) is 0 Å². The molecule has 2 aromatic carbocycles. The summed E-state index contributed by atoms with van der Waals surface area (Å²) >= 11 is 12.9. The molecule has 11 heteroatoms. The van der Waals surface area contributed by atoms with Crippen LogP contribution in [0, 0.1) is 0 Å². The average molecular weight is 559 g/mol. The minimum Gasteiger partial charge on any atom is -0.496 e. The number of carbonyl (C=O) groups excluding carboxylic acids is 1. The molecule has 198 valence electrons. The number of carbonyl (C=O) groups is 1. The number of piperidine rings is 1. The lowest BCUT2D eigenvalue weighted by Gasteiger charge is -2.31. The van der Waals surface area contributed by atoms with E-state index < -0.39 is 10.0 Å². The molecule has 1 aliphatic heterocycles. The molecule has 1 fully saturated rings. The number of halogens is 2. The average Bonchev–Trinajstić information content (AvgIpc) is 2.82. The Morgan fingerprint density at radius 3 is 2.33 bits per heavy atom. The fraction of sp³-hybridized carbons (Fsp3) is 0.480. The molecule has 0 aliphatic carbocycles. The number of benzene rings is 2. The Bertz CT molecular complexity index is 1160. The van der Waals surface area contributed by atoms with Gasteiger partial charge in [-0.2, -0.15) is 0 Å². The molecule has 2 aromatic rings. The van der Waals surface area contributed by atoms with Gasteiger partial charge in [0.15, 0.2) is 5.75 Å². The summed E-state index contributed by atoms with van der Waals surface area (Å²) in [4.78, 5) is 14.6. The Balaban J connectivity index is 1.59. The number of sulfonamides is 1. The maximum atomic E-state index is 12.6. The summed E-state index contributed by atoms with van der Waals surface area (Å²) in [5, 5.41) is 3.36. The number of nitrogens with zero attached hydrogens (tertiary/aromatic N) is 1. The highest BCUT2D eigenvalue weighted by Gasteiger charge is 2.24. The first-order chi connectivity index (χ1) is 17.0. The number of nitrogens with one attached hydrogen (secondary N) is 2. The van der Waals surface area contributed by atoms with Gasteiger partial charge in [0.25, 0.3) is 0 Å². The highest BCUT2D eigenvalue weighted by molar-refractivity contribution is 7.89. The van der Waals surface area contributed by atoms with E-state index in [1.807, 2.05) is 17.0 Å². The fourth-order valence-corrected chi connectivity index (χ4v) is 5.50. The first-order valence-electron chi connectivity index (χ1n) is 11.9. The van der Waals surface area contributed by atoms with Crippen LogP contribution in [0.15, 0.2) is 30.3 Å². The van der Waals surface area contributed by atoms with Gasteiger partial charge >= 0.3 is 0 Å². The lowest BCUT2D eigenvalue weighted by atomic mass is 10.0. The summed E-state index contributed by atoms with van der Waals surface area (Å²) in [5.41, 5.74) is 1.46. The molecule has 0 spiro atoms. The molecule has 0 radical (unpaired) electrons. The summed E-state index contributed by atoms with van der Waals surface area (Å²) in [5.74, 6) is 1.74. The first kappa shape index (κ1) is 28.5. The van der Waals surface area contributed by atoms with E-state index >= 15 is 0 Å². The van der Waals surface area contributed by atoms with Crippen molar-refractivity contribution in [3.05, 3.63) is 45.9 Å². The molecule has 1 heterocycles. The smallest absolute Gasteiger partial charge is 0.238 e. The van der Waals surface area contributed by atoms with Gasteiger partial charge in [0.1, 0.15) is 11.5 Å². The zero-order valence-corrected chi connectivity index (χ0v) is 23.3. The number of anilines is 1. The van der Waals surface area contributed by atoms with E-state index in [-0.39, 0.29) is 40.2 Å². The fourth-order valence-electron chi connectivity index (χ4n) is 4.02. The topological polar surface area (TPSA) is 97.0 Å². The van der Waals surface area contributed by atoms with Crippen LogP contribution in [0.5, 0.6) is 17.2 Å². The van der Waals surface area contributed by atoms with Crippen molar-refractivity contribution in [1.29, 1.82) is 0 Å². The number of likely N-dealkylation sites (tertiary alicyclic amines) is 1. The summed E-state index contributed by atoms with van der Waals surface area (Å²) in [7, 11) is -1.60. The number of amides is 1. The molecule has 36 heavy (non-hydrogen) atoms.